The van der Waals surface area contributed by atoms with E-state index in [0.717, 1.165) is 44.1 Å². The number of amides is 3. The average Bonchev–Trinajstić information content (AvgIpc) is 2.98. The third-order valence-corrected chi connectivity index (χ3v) is 5.14. The summed E-state index contributed by atoms with van der Waals surface area (Å²) in [5.41, 5.74) is 0.650. The van der Waals surface area contributed by atoms with Crippen LogP contribution < -0.4 is 10.6 Å². The molecule has 1 aliphatic rings. The fourth-order valence-corrected chi connectivity index (χ4v) is 3.64. The second-order valence-corrected chi connectivity index (χ2v) is 7.38. The minimum atomic E-state index is -0.509. The van der Waals surface area contributed by atoms with Crippen molar-refractivity contribution in [1.29, 1.82) is 0 Å². The number of carbonyl (C=O) groups is 2. The molecule has 0 radical (unpaired) electrons. The van der Waals surface area contributed by atoms with Gasteiger partial charge >= 0.3 is 6.03 Å². The van der Waals surface area contributed by atoms with Gasteiger partial charge in [-0.15, -0.1) is 0 Å². The topological polar surface area (TPSA) is 92.2 Å². The Bertz CT molecular complexity index is 819. The minimum absolute atomic E-state index is 0.290. The van der Waals surface area contributed by atoms with Gasteiger partial charge in [-0.25, -0.2) is 14.5 Å². The number of nitrogens with zero attached hydrogens (tertiary/aromatic N) is 4. The number of benzene rings is 1. The molecule has 1 aromatic carbocycles. The fourth-order valence-electron chi connectivity index (χ4n) is 3.64. The predicted molar refractivity (Wildman–Crippen MR) is 107 cm³/mol. The van der Waals surface area contributed by atoms with Crippen molar-refractivity contribution in [3.05, 3.63) is 42.0 Å². The Balaban J connectivity index is 1.52. The highest BCUT2D eigenvalue weighted by Gasteiger charge is 2.28. The van der Waals surface area contributed by atoms with Crippen LogP contribution in [-0.2, 0) is 11.3 Å². The quantitative estimate of drug-likeness (QED) is 0.826. The van der Waals surface area contributed by atoms with Gasteiger partial charge in [0.15, 0.2) is 0 Å². The number of para-hydroxylation sites is 1. The van der Waals surface area contributed by atoms with Crippen molar-refractivity contribution in [3.63, 3.8) is 0 Å². The Morgan fingerprint density at radius 2 is 2.00 bits per heavy atom. The number of aromatic nitrogens is 3. The molecule has 0 aliphatic carbocycles. The molecule has 8 heteroatoms. The van der Waals surface area contributed by atoms with E-state index in [1.165, 1.54) is 0 Å². The van der Waals surface area contributed by atoms with E-state index >= 15 is 0 Å². The normalized spacial score (nSPS) is 18.5. The van der Waals surface area contributed by atoms with Crippen molar-refractivity contribution in [2.75, 3.05) is 18.4 Å². The summed E-state index contributed by atoms with van der Waals surface area (Å²) in [5, 5.41) is 9.56. The van der Waals surface area contributed by atoms with Gasteiger partial charge in [0.25, 0.3) is 0 Å². The van der Waals surface area contributed by atoms with Gasteiger partial charge in [-0.1, -0.05) is 18.2 Å². The first-order chi connectivity index (χ1) is 13.4. The predicted octanol–water partition coefficient (Wildman–Crippen LogP) is 2.34. The zero-order valence-electron chi connectivity index (χ0n) is 16.7. The zero-order chi connectivity index (χ0) is 20.1. The first kappa shape index (κ1) is 20.0. The number of urea groups is 1. The summed E-state index contributed by atoms with van der Waals surface area (Å²) in [4.78, 5) is 31.1. The molecule has 28 heavy (non-hydrogen) atoms. The molecule has 1 aromatic heterocycles. The average molecular weight is 384 g/mol. The summed E-state index contributed by atoms with van der Waals surface area (Å²) in [7, 11) is 0. The number of nitrogens with one attached hydrogen (secondary N) is 2. The molecule has 1 fully saturated rings. The number of likely N-dealkylation sites (tertiary alicyclic amines) is 1. The van der Waals surface area contributed by atoms with Gasteiger partial charge in [-0.2, -0.15) is 5.10 Å². The van der Waals surface area contributed by atoms with E-state index in [2.05, 4.69) is 25.6 Å². The lowest BCUT2D eigenvalue weighted by Gasteiger charge is -2.36. The lowest BCUT2D eigenvalue weighted by molar-refractivity contribution is -0.125. The molecule has 3 amide bonds. The van der Waals surface area contributed by atoms with E-state index in [4.69, 9.17) is 0 Å². The molecule has 8 nitrogen and oxygen atoms in total. The molecule has 0 bridgehead atoms. The van der Waals surface area contributed by atoms with Gasteiger partial charge in [-0.05, 0) is 58.2 Å². The number of piperidine rings is 1. The van der Waals surface area contributed by atoms with E-state index in [-0.39, 0.29) is 11.9 Å². The van der Waals surface area contributed by atoms with Crippen LogP contribution in [0.4, 0.5) is 10.5 Å². The van der Waals surface area contributed by atoms with E-state index < -0.39 is 6.03 Å². The summed E-state index contributed by atoms with van der Waals surface area (Å²) >= 11 is 0. The number of hydrogen-bond acceptors (Lipinski definition) is 5. The van der Waals surface area contributed by atoms with Crippen LogP contribution in [-0.4, -0.2) is 50.7 Å². The molecular weight excluding hydrogens is 356 g/mol. The van der Waals surface area contributed by atoms with Crippen LogP contribution in [0.1, 0.15) is 31.4 Å². The third kappa shape index (κ3) is 5.16. The Hall–Kier alpha value is -2.74. The first-order valence-corrected chi connectivity index (χ1v) is 9.71. The maximum Gasteiger partial charge on any atom is 0.325 e. The Morgan fingerprint density at radius 1 is 1.25 bits per heavy atom. The number of rotatable bonds is 5. The highest BCUT2D eigenvalue weighted by atomic mass is 16.2. The Labute approximate surface area is 165 Å². The highest BCUT2D eigenvalue weighted by molar-refractivity contribution is 6.02. The molecular formula is C20H28N6O2. The molecule has 0 saturated carbocycles. The lowest BCUT2D eigenvalue weighted by Crippen LogP contribution is -2.51. The number of aryl methyl sites for hydroxylation is 2. The summed E-state index contributed by atoms with van der Waals surface area (Å²) < 4.78 is 1.95. The summed E-state index contributed by atoms with van der Waals surface area (Å²) in [6, 6.07) is 8.19. The molecule has 2 aromatic rings. The van der Waals surface area contributed by atoms with Crippen molar-refractivity contribution in [2.24, 2.45) is 5.92 Å². The molecule has 2 unspecified atom stereocenters. The Kier molecular flexibility index (Phi) is 6.41. The van der Waals surface area contributed by atoms with Crippen LogP contribution in [0, 0.1) is 19.8 Å². The zero-order valence-corrected chi connectivity index (χ0v) is 16.7. The number of carbonyl (C=O) groups excluding carboxylic acids is 2. The molecule has 1 aliphatic heterocycles. The van der Waals surface area contributed by atoms with Gasteiger partial charge in [0.1, 0.15) is 11.6 Å². The second kappa shape index (κ2) is 8.97. The maximum absolute atomic E-state index is 12.5. The lowest BCUT2D eigenvalue weighted by atomic mass is 9.96. The largest absolute Gasteiger partial charge is 0.325 e. The van der Waals surface area contributed by atoms with E-state index in [0.29, 0.717) is 11.6 Å². The number of hydrogen-bond donors (Lipinski definition) is 2. The van der Waals surface area contributed by atoms with Gasteiger partial charge in [0.05, 0.1) is 6.04 Å². The highest BCUT2D eigenvalue weighted by Crippen LogP contribution is 2.20. The third-order valence-electron chi connectivity index (χ3n) is 5.14. The van der Waals surface area contributed by atoms with Crippen LogP contribution >= 0.6 is 0 Å². The van der Waals surface area contributed by atoms with Crippen molar-refractivity contribution >= 4 is 17.6 Å². The molecule has 1 saturated heterocycles. The van der Waals surface area contributed by atoms with Crippen LogP contribution in [0.5, 0.6) is 0 Å². The second-order valence-electron chi connectivity index (χ2n) is 7.38. The minimum Gasteiger partial charge on any atom is -0.308 e. The molecule has 2 atom stereocenters. The standard InChI is InChI=1S/C20H28N6O2/c1-14(19(27)23-20(28)22-18-9-5-4-6-10-18)25-11-7-8-17(12-25)13-26-16(3)21-15(2)24-26/h4-6,9-10,14,17H,7-8,11-13H2,1-3H3,(H2,22,23,27,28). The van der Waals surface area contributed by atoms with Crippen molar-refractivity contribution < 1.29 is 9.59 Å². The van der Waals surface area contributed by atoms with Crippen LogP contribution in [0.2, 0.25) is 0 Å². The summed E-state index contributed by atoms with van der Waals surface area (Å²) in [6.45, 7) is 8.14. The van der Waals surface area contributed by atoms with Crippen LogP contribution in [0.15, 0.2) is 30.3 Å². The molecule has 2 heterocycles. The van der Waals surface area contributed by atoms with Crippen molar-refractivity contribution in [1.82, 2.24) is 25.0 Å². The number of imide groups is 1. The molecule has 3 rings (SSSR count). The van der Waals surface area contributed by atoms with Gasteiger partial charge in [-0.3, -0.25) is 15.0 Å². The maximum atomic E-state index is 12.5. The Morgan fingerprint density at radius 3 is 2.68 bits per heavy atom. The monoisotopic (exact) mass is 384 g/mol. The molecule has 0 spiro atoms. The first-order valence-electron chi connectivity index (χ1n) is 9.71. The van der Waals surface area contributed by atoms with Gasteiger partial charge < -0.3 is 5.32 Å². The van der Waals surface area contributed by atoms with E-state index in [1.807, 2.05) is 43.7 Å². The van der Waals surface area contributed by atoms with E-state index in [1.54, 1.807) is 12.1 Å². The van der Waals surface area contributed by atoms with Crippen molar-refractivity contribution in [3.8, 4) is 0 Å². The SMILES string of the molecule is Cc1nc(C)n(CC2CCCN(C(C)C(=O)NC(=O)Nc3ccccc3)C2)n1. The summed E-state index contributed by atoms with van der Waals surface area (Å²) in [6.07, 6.45) is 2.11. The van der Waals surface area contributed by atoms with Crippen molar-refractivity contribution in [2.45, 2.75) is 46.2 Å². The number of anilines is 1. The van der Waals surface area contributed by atoms with Crippen LogP contribution in [0.3, 0.4) is 0 Å². The molecule has 150 valence electrons. The smallest absolute Gasteiger partial charge is 0.308 e. The van der Waals surface area contributed by atoms with Gasteiger partial charge in [0.2, 0.25) is 5.91 Å². The van der Waals surface area contributed by atoms with E-state index in [9.17, 15) is 9.59 Å². The van der Waals surface area contributed by atoms with Gasteiger partial charge in [0, 0.05) is 18.8 Å². The fraction of sp³-hybridized carbons (Fsp3) is 0.500. The summed E-state index contributed by atoms with van der Waals surface area (Å²) in [5.74, 6) is 1.81. The molecule has 2 N–H and O–H groups in total. The van der Waals surface area contributed by atoms with Crippen LogP contribution in [0.25, 0.3) is 0 Å².